The lowest BCUT2D eigenvalue weighted by Gasteiger charge is -2.06. The molecule has 0 spiro atoms. The Labute approximate surface area is 132 Å². The van der Waals surface area contributed by atoms with Crippen LogP contribution in [0.1, 0.15) is 86.0 Å². The smallest absolute Gasteiger partial charge is 0.300 e. The molecule has 0 amide bonds. The maximum atomic E-state index is 9.00. The van der Waals surface area contributed by atoms with E-state index in [1.54, 1.807) is 0 Å². The molecule has 0 aliphatic rings. The zero-order valence-electron chi connectivity index (χ0n) is 15.0. The molecule has 0 radical (unpaired) electrons. The summed E-state index contributed by atoms with van der Waals surface area (Å²) in [5, 5.41) is 7.42. The second kappa shape index (κ2) is 17.5. The fourth-order valence-electron chi connectivity index (χ4n) is 1.97. The van der Waals surface area contributed by atoms with E-state index in [0.29, 0.717) is 0 Å². The maximum Gasteiger partial charge on any atom is 0.300 e. The highest BCUT2D eigenvalue weighted by Crippen LogP contribution is 2.09. The predicted molar refractivity (Wildman–Crippen MR) is 90.7 cm³/mol. The van der Waals surface area contributed by atoms with Crippen LogP contribution >= 0.6 is 0 Å². The molecule has 21 heavy (non-hydrogen) atoms. The van der Waals surface area contributed by atoms with Gasteiger partial charge in [0.05, 0.1) is 0 Å². The highest BCUT2D eigenvalue weighted by Gasteiger charge is 1.96. The van der Waals surface area contributed by atoms with E-state index in [9.17, 15) is 0 Å². The third-order valence-electron chi connectivity index (χ3n) is 3.14. The Kier molecular flexibility index (Phi) is 18.9. The summed E-state index contributed by atoms with van der Waals surface area (Å²) >= 11 is 0. The first kappa shape index (κ1) is 22.7. The highest BCUT2D eigenvalue weighted by molar-refractivity contribution is 5.62. The molecule has 0 saturated heterocycles. The molecular weight excluding hydrogens is 264 g/mol. The van der Waals surface area contributed by atoms with E-state index >= 15 is 0 Å². The first-order chi connectivity index (χ1) is 9.86. The second-order valence-electron chi connectivity index (χ2n) is 6.62. The molecule has 3 heteroatoms. The maximum absolute atomic E-state index is 9.00. The Morgan fingerprint density at radius 1 is 0.810 bits per heavy atom. The van der Waals surface area contributed by atoms with Crippen LogP contribution in [0.2, 0.25) is 0 Å². The molecule has 0 aromatic heterocycles. The van der Waals surface area contributed by atoms with Gasteiger partial charge in [0.2, 0.25) is 0 Å². The van der Waals surface area contributed by atoms with Crippen molar-refractivity contribution in [2.45, 2.75) is 86.0 Å². The largest absolute Gasteiger partial charge is 0.481 e. The Morgan fingerprint density at radius 3 is 1.43 bits per heavy atom. The molecule has 0 heterocycles. The summed E-state index contributed by atoms with van der Waals surface area (Å²) in [5.74, 6) is 0.883. The second-order valence-corrected chi connectivity index (χ2v) is 6.62. The van der Waals surface area contributed by atoms with Crippen LogP contribution in [0.25, 0.3) is 0 Å². The third-order valence-corrected chi connectivity index (χ3v) is 3.14. The van der Waals surface area contributed by atoms with Gasteiger partial charge in [0.25, 0.3) is 5.97 Å². The van der Waals surface area contributed by atoms with Crippen LogP contribution in [-0.4, -0.2) is 24.3 Å². The zero-order valence-corrected chi connectivity index (χ0v) is 15.0. The van der Waals surface area contributed by atoms with Crippen molar-refractivity contribution >= 4 is 5.97 Å². The van der Waals surface area contributed by atoms with E-state index in [4.69, 9.17) is 14.6 Å². The standard InChI is InChI=1S/C16H34O.C2H4O2/c1-15(2)11-7-5-9-13-17-14-10-6-8-12-16(3)4;1-2(3)4/h15-16H,5-14H2,1-4H3;1H3,(H,3,4). The van der Waals surface area contributed by atoms with Gasteiger partial charge in [-0.15, -0.1) is 0 Å². The van der Waals surface area contributed by atoms with Crippen molar-refractivity contribution in [3.63, 3.8) is 0 Å². The summed E-state index contributed by atoms with van der Waals surface area (Å²) in [5.41, 5.74) is 0. The van der Waals surface area contributed by atoms with Gasteiger partial charge in [-0.3, -0.25) is 4.79 Å². The number of rotatable bonds is 12. The Morgan fingerprint density at radius 2 is 1.14 bits per heavy atom. The van der Waals surface area contributed by atoms with E-state index in [1.165, 1.54) is 51.4 Å². The number of hydrogen-bond donors (Lipinski definition) is 1. The summed E-state index contributed by atoms with van der Waals surface area (Å²) in [4.78, 5) is 9.00. The SMILES string of the molecule is CC(=O)O.CC(C)CCCCCOCCCCCC(C)C. The quantitative estimate of drug-likeness (QED) is 0.482. The minimum Gasteiger partial charge on any atom is -0.481 e. The molecule has 128 valence electrons. The lowest BCUT2D eigenvalue weighted by atomic mass is 10.1. The molecule has 0 saturated carbocycles. The van der Waals surface area contributed by atoms with Gasteiger partial charge in [-0.1, -0.05) is 66.2 Å². The number of carbonyl (C=O) groups is 1. The van der Waals surface area contributed by atoms with Gasteiger partial charge in [0, 0.05) is 20.1 Å². The summed E-state index contributed by atoms with van der Waals surface area (Å²) in [7, 11) is 0. The van der Waals surface area contributed by atoms with Gasteiger partial charge in [0.1, 0.15) is 0 Å². The van der Waals surface area contributed by atoms with Gasteiger partial charge in [0.15, 0.2) is 0 Å². The van der Waals surface area contributed by atoms with Crippen LogP contribution in [-0.2, 0) is 9.53 Å². The fraction of sp³-hybridized carbons (Fsp3) is 0.944. The van der Waals surface area contributed by atoms with Crippen molar-refractivity contribution in [3.05, 3.63) is 0 Å². The minimum absolute atomic E-state index is 0.833. The lowest BCUT2D eigenvalue weighted by molar-refractivity contribution is -0.134. The minimum atomic E-state index is -0.833. The molecule has 0 aliphatic heterocycles. The molecular formula is C18H38O3. The third kappa shape index (κ3) is 32.7. The van der Waals surface area contributed by atoms with E-state index in [0.717, 1.165) is 32.0 Å². The van der Waals surface area contributed by atoms with Crippen molar-refractivity contribution in [2.75, 3.05) is 13.2 Å². The summed E-state index contributed by atoms with van der Waals surface area (Å²) < 4.78 is 5.65. The summed E-state index contributed by atoms with van der Waals surface area (Å²) in [6.07, 6.45) is 10.7. The molecule has 0 rings (SSSR count). The number of unbranched alkanes of at least 4 members (excludes halogenated alkanes) is 4. The molecule has 0 aromatic carbocycles. The van der Waals surface area contributed by atoms with Crippen LogP contribution < -0.4 is 0 Å². The molecule has 0 bridgehead atoms. The Bertz CT molecular complexity index is 193. The first-order valence-corrected chi connectivity index (χ1v) is 8.63. The van der Waals surface area contributed by atoms with Crippen LogP contribution in [0, 0.1) is 11.8 Å². The number of hydrogen-bond acceptors (Lipinski definition) is 2. The fourth-order valence-corrected chi connectivity index (χ4v) is 1.97. The molecule has 0 atom stereocenters. The predicted octanol–water partition coefficient (Wildman–Crippen LogP) is 5.53. The topological polar surface area (TPSA) is 46.5 Å². The Hall–Kier alpha value is -0.570. The van der Waals surface area contributed by atoms with E-state index < -0.39 is 5.97 Å². The molecule has 0 aliphatic carbocycles. The van der Waals surface area contributed by atoms with E-state index in [-0.39, 0.29) is 0 Å². The highest BCUT2D eigenvalue weighted by atomic mass is 16.5. The van der Waals surface area contributed by atoms with Gasteiger partial charge in [-0.2, -0.15) is 0 Å². The molecule has 3 nitrogen and oxygen atoms in total. The lowest BCUT2D eigenvalue weighted by Crippen LogP contribution is -1.98. The first-order valence-electron chi connectivity index (χ1n) is 8.63. The summed E-state index contributed by atoms with van der Waals surface area (Å²) in [6, 6.07) is 0. The molecule has 0 unspecified atom stereocenters. The number of aliphatic carboxylic acids is 1. The molecule has 0 aromatic rings. The van der Waals surface area contributed by atoms with E-state index in [2.05, 4.69) is 27.7 Å². The average Bonchev–Trinajstić information content (AvgIpc) is 2.34. The Balaban J connectivity index is 0. The van der Waals surface area contributed by atoms with Crippen molar-refractivity contribution in [3.8, 4) is 0 Å². The zero-order chi connectivity index (χ0) is 16.5. The van der Waals surface area contributed by atoms with Crippen molar-refractivity contribution in [2.24, 2.45) is 11.8 Å². The normalized spacial score (nSPS) is 10.6. The van der Waals surface area contributed by atoms with Crippen molar-refractivity contribution in [1.29, 1.82) is 0 Å². The van der Waals surface area contributed by atoms with E-state index in [1.807, 2.05) is 0 Å². The molecule has 1 N–H and O–H groups in total. The van der Waals surface area contributed by atoms with Gasteiger partial charge in [-0.25, -0.2) is 0 Å². The molecule has 0 fully saturated rings. The number of carboxylic acids is 1. The van der Waals surface area contributed by atoms with Crippen LogP contribution in [0.4, 0.5) is 0 Å². The van der Waals surface area contributed by atoms with Gasteiger partial charge in [-0.05, 0) is 24.7 Å². The van der Waals surface area contributed by atoms with Crippen molar-refractivity contribution in [1.82, 2.24) is 0 Å². The number of carboxylic acid groups (broad SMARTS) is 1. The van der Waals surface area contributed by atoms with Crippen LogP contribution in [0.15, 0.2) is 0 Å². The van der Waals surface area contributed by atoms with Gasteiger partial charge >= 0.3 is 0 Å². The van der Waals surface area contributed by atoms with Crippen molar-refractivity contribution < 1.29 is 14.6 Å². The van der Waals surface area contributed by atoms with Crippen LogP contribution in [0.3, 0.4) is 0 Å². The monoisotopic (exact) mass is 302 g/mol. The van der Waals surface area contributed by atoms with Crippen LogP contribution in [0.5, 0.6) is 0 Å². The summed E-state index contributed by atoms with van der Waals surface area (Å²) in [6.45, 7) is 12.2. The average molecular weight is 302 g/mol. The number of ether oxygens (including phenoxy) is 1. The van der Waals surface area contributed by atoms with Gasteiger partial charge < -0.3 is 9.84 Å².